The number of carbonyl (C=O) groups excluding carboxylic acids is 2. The van der Waals surface area contributed by atoms with Gasteiger partial charge in [-0.25, -0.2) is 12.7 Å². The molecule has 1 N–H and O–H groups in total. The smallest absolute Gasteiger partial charge is 0.251 e. The zero-order valence-corrected chi connectivity index (χ0v) is 14.5. The van der Waals surface area contributed by atoms with Gasteiger partial charge in [0.25, 0.3) is 5.91 Å². The van der Waals surface area contributed by atoms with E-state index in [1.165, 1.54) is 38.5 Å². The van der Waals surface area contributed by atoms with Gasteiger partial charge < -0.3 is 14.8 Å². The highest BCUT2D eigenvalue weighted by molar-refractivity contribution is 7.94. The minimum absolute atomic E-state index is 0.171. The van der Waals surface area contributed by atoms with Crippen LogP contribution in [0.4, 0.5) is 5.69 Å². The predicted molar refractivity (Wildman–Crippen MR) is 87.0 cm³/mol. The first kappa shape index (κ1) is 18.4. The van der Waals surface area contributed by atoms with Crippen LogP contribution >= 0.6 is 0 Å². The summed E-state index contributed by atoms with van der Waals surface area (Å²) in [5.41, 5.74) is 0.564. The number of benzene rings is 1. The van der Waals surface area contributed by atoms with Gasteiger partial charge in [-0.15, -0.1) is 0 Å². The minimum atomic E-state index is -3.65. The third kappa shape index (κ3) is 3.74. The van der Waals surface area contributed by atoms with Crippen LogP contribution in [-0.2, 0) is 24.3 Å². The monoisotopic (exact) mass is 356 g/mol. The average molecular weight is 356 g/mol. The van der Waals surface area contributed by atoms with Crippen molar-refractivity contribution in [1.29, 1.82) is 0 Å². The molecule has 1 heterocycles. The number of nitrogens with zero attached hydrogens (tertiary/aromatic N) is 1. The highest BCUT2D eigenvalue weighted by atomic mass is 32.2. The van der Waals surface area contributed by atoms with Crippen LogP contribution in [0.15, 0.2) is 24.3 Å². The van der Waals surface area contributed by atoms with Crippen LogP contribution in [0.25, 0.3) is 0 Å². The van der Waals surface area contributed by atoms with Gasteiger partial charge in [-0.1, -0.05) is 6.92 Å². The van der Waals surface area contributed by atoms with E-state index in [4.69, 9.17) is 9.47 Å². The molecule has 0 spiro atoms. The number of rotatable bonds is 6. The van der Waals surface area contributed by atoms with Crippen molar-refractivity contribution in [3.63, 3.8) is 0 Å². The number of hydrogen-bond acceptors (Lipinski definition) is 6. The summed E-state index contributed by atoms with van der Waals surface area (Å²) in [6, 6.07) is 5.80. The average Bonchev–Trinajstić information content (AvgIpc) is 2.76. The fraction of sp³-hybridized carbons (Fsp3) is 0.467. The van der Waals surface area contributed by atoms with Crippen molar-refractivity contribution < 1.29 is 27.5 Å². The van der Waals surface area contributed by atoms with Crippen LogP contribution in [0.5, 0.6) is 0 Å². The summed E-state index contributed by atoms with van der Waals surface area (Å²) in [6.45, 7) is 1.74. The summed E-state index contributed by atoms with van der Waals surface area (Å²) in [4.78, 5) is 24.1. The Labute approximate surface area is 140 Å². The molecule has 1 aliphatic heterocycles. The molecule has 1 aromatic rings. The van der Waals surface area contributed by atoms with Crippen molar-refractivity contribution in [2.75, 3.05) is 30.8 Å². The normalized spacial score (nSPS) is 19.8. The van der Waals surface area contributed by atoms with Gasteiger partial charge in [0.15, 0.2) is 6.29 Å². The molecule has 1 aliphatic rings. The molecule has 0 bridgehead atoms. The molecule has 1 unspecified atom stereocenters. The summed E-state index contributed by atoms with van der Waals surface area (Å²) in [5.74, 6) is -1.60. The van der Waals surface area contributed by atoms with Gasteiger partial charge in [0.05, 0.1) is 23.9 Å². The van der Waals surface area contributed by atoms with Gasteiger partial charge in [-0.05, 0) is 24.3 Å². The maximum absolute atomic E-state index is 12.0. The lowest BCUT2D eigenvalue weighted by Crippen LogP contribution is -2.34. The first-order valence-corrected chi connectivity index (χ1v) is 8.91. The molecule has 0 aromatic heterocycles. The molecule has 0 saturated carbocycles. The molecule has 2 rings (SSSR count). The number of anilines is 1. The molecule has 2 amide bonds. The lowest BCUT2D eigenvalue weighted by Gasteiger charge is -2.16. The summed E-state index contributed by atoms with van der Waals surface area (Å²) in [5, 5.41) is 2.63. The highest BCUT2D eigenvalue weighted by Gasteiger charge is 2.41. The number of carbonyl (C=O) groups is 2. The van der Waals surface area contributed by atoms with Crippen LogP contribution in [0.1, 0.15) is 17.3 Å². The molecule has 1 saturated heterocycles. The molecule has 9 heteroatoms. The summed E-state index contributed by atoms with van der Waals surface area (Å²) in [7, 11) is -0.726. The van der Waals surface area contributed by atoms with E-state index in [1.807, 2.05) is 0 Å². The van der Waals surface area contributed by atoms with Crippen molar-refractivity contribution >= 4 is 27.5 Å². The SMILES string of the molecule is COC(CNC(=O)c1ccc(N2C(=O)C(C)CS2(=O)=O)cc1)OC. The Balaban J connectivity index is 2.11. The van der Waals surface area contributed by atoms with E-state index in [2.05, 4.69) is 5.32 Å². The number of nitrogens with one attached hydrogen (secondary N) is 1. The second-order valence-electron chi connectivity index (χ2n) is 5.44. The second kappa shape index (κ2) is 7.29. The molecule has 24 heavy (non-hydrogen) atoms. The van der Waals surface area contributed by atoms with Gasteiger partial charge in [0.2, 0.25) is 15.9 Å². The largest absolute Gasteiger partial charge is 0.354 e. The van der Waals surface area contributed by atoms with E-state index < -0.39 is 28.1 Å². The topological polar surface area (TPSA) is 102 Å². The van der Waals surface area contributed by atoms with Gasteiger partial charge in [-0.2, -0.15) is 0 Å². The van der Waals surface area contributed by atoms with Gasteiger partial charge in [0.1, 0.15) is 0 Å². The van der Waals surface area contributed by atoms with Crippen molar-refractivity contribution in [1.82, 2.24) is 5.32 Å². The first-order valence-electron chi connectivity index (χ1n) is 7.31. The summed E-state index contributed by atoms with van der Waals surface area (Å²) in [6.07, 6.45) is -0.554. The third-order valence-corrected chi connectivity index (χ3v) is 5.55. The Hall–Kier alpha value is -1.97. The van der Waals surface area contributed by atoms with Gasteiger partial charge in [-0.3, -0.25) is 9.59 Å². The summed E-state index contributed by atoms with van der Waals surface area (Å²) >= 11 is 0. The molecular formula is C15H20N2O6S. The number of hydrogen-bond donors (Lipinski definition) is 1. The van der Waals surface area contributed by atoms with Gasteiger partial charge in [0, 0.05) is 19.8 Å². The maximum Gasteiger partial charge on any atom is 0.251 e. The Kier molecular flexibility index (Phi) is 5.58. The molecule has 1 fully saturated rings. The summed E-state index contributed by atoms with van der Waals surface area (Å²) < 4.78 is 34.8. The Bertz CT molecular complexity index is 712. The molecular weight excluding hydrogens is 336 g/mol. The number of amides is 2. The number of methoxy groups -OCH3 is 2. The van der Waals surface area contributed by atoms with E-state index in [9.17, 15) is 18.0 Å². The van der Waals surface area contributed by atoms with Crippen LogP contribution in [0, 0.1) is 5.92 Å². The fourth-order valence-corrected chi connectivity index (χ4v) is 4.20. The van der Waals surface area contributed by atoms with Gasteiger partial charge >= 0.3 is 0 Å². The highest BCUT2D eigenvalue weighted by Crippen LogP contribution is 2.28. The zero-order chi connectivity index (χ0) is 17.9. The van der Waals surface area contributed by atoms with Crippen LogP contribution in [-0.4, -0.2) is 53.0 Å². The standard InChI is InChI=1S/C15H20N2O6S/c1-10-9-24(20,21)17(15(10)19)12-6-4-11(5-7-12)14(18)16-8-13(22-2)23-3/h4-7,10,13H,8-9H2,1-3H3,(H,16,18). The minimum Gasteiger partial charge on any atom is -0.354 e. The van der Waals surface area contributed by atoms with E-state index in [0.29, 0.717) is 5.56 Å². The predicted octanol–water partition coefficient (Wildman–Crippen LogP) is 0.348. The lowest BCUT2D eigenvalue weighted by atomic mass is 10.1. The van der Waals surface area contributed by atoms with E-state index in [-0.39, 0.29) is 23.9 Å². The Morgan fingerprint density at radius 3 is 2.33 bits per heavy atom. The van der Waals surface area contributed by atoms with Crippen molar-refractivity contribution in [3.05, 3.63) is 29.8 Å². The van der Waals surface area contributed by atoms with E-state index >= 15 is 0 Å². The number of ether oxygens (including phenoxy) is 2. The van der Waals surface area contributed by atoms with Crippen LogP contribution in [0.3, 0.4) is 0 Å². The van der Waals surface area contributed by atoms with Crippen molar-refractivity contribution in [2.24, 2.45) is 5.92 Å². The fourth-order valence-electron chi connectivity index (χ4n) is 2.38. The molecule has 1 aromatic carbocycles. The van der Waals surface area contributed by atoms with Crippen molar-refractivity contribution in [3.8, 4) is 0 Å². The Morgan fingerprint density at radius 2 is 1.88 bits per heavy atom. The number of sulfonamides is 1. The third-order valence-electron chi connectivity index (χ3n) is 3.68. The molecule has 0 aliphatic carbocycles. The maximum atomic E-state index is 12.0. The molecule has 132 valence electrons. The van der Waals surface area contributed by atoms with Crippen LogP contribution in [0.2, 0.25) is 0 Å². The second-order valence-corrected chi connectivity index (χ2v) is 7.30. The van der Waals surface area contributed by atoms with Crippen LogP contribution < -0.4 is 9.62 Å². The Morgan fingerprint density at radius 1 is 1.29 bits per heavy atom. The first-order chi connectivity index (χ1) is 11.3. The van der Waals surface area contributed by atoms with Crippen molar-refractivity contribution in [2.45, 2.75) is 13.2 Å². The lowest BCUT2D eigenvalue weighted by molar-refractivity contribution is -0.119. The molecule has 0 radical (unpaired) electrons. The molecule has 1 atom stereocenters. The quantitative estimate of drug-likeness (QED) is 0.738. The van der Waals surface area contributed by atoms with E-state index in [0.717, 1.165) is 4.31 Å². The zero-order valence-electron chi connectivity index (χ0n) is 13.7. The van der Waals surface area contributed by atoms with E-state index in [1.54, 1.807) is 6.92 Å². The molecule has 8 nitrogen and oxygen atoms in total.